The van der Waals surface area contributed by atoms with Crippen LogP contribution in [0.3, 0.4) is 0 Å². The van der Waals surface area contributed by atoms with Gasteiger partial charge >= 0.3 is 0 Å². The Hall–Kier alpha value is -3.65. The highest BCUT2D eigenvalue weighted by molar-refractivity contribution is 5.95. The second-order valence-corrected chi connectivity index (χ2v) is 9.38. The van der Waals surface area contributed by atoms with Crippen LogP contribution >= 0.6 is 0 Å². The monoisotopic (exact) mass is 456 g/mol. The number of pyridine rings is 1. The van der Waals surface area contributed by atoms with Crippen LogP contribution < -0.4 is 10.1 Å². The molecule has 6 rings (SSSR count). The second-order valence-electron chi connectivity index (χ2n) is 9.38. The van der Waals surface area contributed by atoms with E-state index in [1.807, 2.05) is 54.3 Å². The number of ether oxygens (including phenoxy) is 1. The lowest BCUT2D eigenvalue weighted by molar-refractivity contribution is -0.117. The van der Waals surface area contributed by atoms with Crippen molar-refractivity contribution in [3.05, 3.63) is 66.5 Å². The normalized spacial score (nSPS) is 21.9. The molecule has 8 heteroatoms. The van der Waals surface area contributed by atoms with Crippen LogP contribution in [0, 0.1) is 5.92 Å². The van der Waals surface area contributed by atoms with Gasteiger partial charge in [-0.25, -0.2) is 4.52 Å². The van der Waals surface area contributed by atoms with E-state index in [2.05, 4.69) is 39.6 Å². The van der Waals surface area contributed by atoms with Gasteiger partial charge in [0, 0.05) is 36.8 Å². The largest absolute Gasteiger partial charge is 0.488 e. The Labute approximate surface area is 198 Å². The number of nitrogens with zero attached hydrogens (tertiary/aromatic N) is 5. The van der Waals surface area contributed by atoms with Crippen LogP contribution in [0.1, 0.15) is 24.3 Å². The molecule has 3 unspecified atom stereocenters. The highest BCUT2D eigenvalue weighted by Gasteiger charge is 2.44. The highest BCUT2D eigenvalue weighted by atomic mass is 16.5. The molecule has 1 aliphatic heterocycles. The Morgan fingerprint density at radius 1 is 1.18 bits per heavy atom. The van der Waals surface area contributed by atoms with Gasteiger partial charge in [-0.15, -0.1) is 0 Å². The first kappa shape index (κ1) is 20.9. The molecule has 0 radical (unpaired) electrons. The van der Waals surface area contributed by atoms with E-state index in [9.17, 15) is 4.79 Å². The van der Waals surface area contributed by atoms with E-state index in [1.165, 1.54) is 5.56 Å². The van der Waals surface area contributed by atoms with E-state index in [0.717, 1.165) is 41.9 Å². The van der Waals surface area contributed by atoms with Crippen molar-refractivity contribution in [1.29, 1.82) is 0 Å². The molecular weight excluding hydrogens is 428 g/mol. The minimum Gasteiger partial charge on any atom is -0.488 e. The number of amides is 1. The quantitative estimate of drug-likeness (QED) is 0.460. The molecule has 174 valence electrons. The van der Waals surface area contributed by atoms with Gasteiger partial charge in [-0.2, -0.15) is 10.2 Å². The molecule has 1 amide bonds. The number of hydrogen-bond acceptors (Lipinski definition) is 5. The Kier molecular flexibility index (Phi) is 5.10. The number of aryl methyl sites for hydroxylation is 1. The van der Waals surface area contributed by atoms with Crippen LogP contribution in [0.5, 0.6) is 5.75 Å². The lowest BCUT2D eigenvalue weighted by Gasteiger charge is -2.37. The smallest absolute Gasteiger partial charge is 0.229 e. The van der Waals surface area contributed by atoms with Crippen molar-refractivity contribution in [3.63, 3.8) is 0 Å². The van der Waals surface area contributed by atoms with E-state index in [4.69, 9.17) is 4.74 Å². The maximum atomic E-state index is 12.8. The Balaban J connectivity index is 1.17. The van der Waals surface area contributed by atoms with E-state index < -0.39 is 0 Å². The average Bonchev–Trinajstić information content (AvgIpc) is 3.43. The molecule has 3 aromatic heterocycles. The van der Waals surface area contributed by atoms with Crippen molar-refractivity contribution in [1.82, 2.24) is 24.3 Å². The first-order valence-corrected chi connectivity index (χ1v) is 11.8. The third-order valence-electron chi connectivity index (χ3n) is 7.12. The average molecular weight is 457 g/mol. The van der Waals surface area contributed by atoms with Crippen molar-refractivity contribution in [2.75, 3.05) is 25.5 Å². The molecule has 4 aromatic rings. The fraction of sp³-hybridized carbons (Fsp3) is 0.346. The number of aromatic nitrogens is 4. The number of nitrogens with one attached hydrogen (secondary N) is 1. The van der Waals surface area contributed by atoms with E-state index >= 15 is 0 Å². The van der Waals surface area contributed by atoms with Gasteiger partial charge in [0.1, 0.15) is 12.3 Å². The first-order chi connectivity index (χ1) is 16.6. The Morgan fingerprint density at radius 2 is 2.03 bits per heavy atom. The number of anilines is 1. The van der Waals surface area contributed by atoms with Crippen molar-refractivity contribution in [3.8, 4) is 17.0 Å². The minimum absolute atomic E-state index is 0.00614. The molecule has 1 saturated carbocycles. The summed E-state index contributed by atoms with van der Waals surface area (Å²) in [6.07, 6.45) is 5.72. The van der Waals surface area contributed by atoms with E-state index in [-0.39, 0.29) is 11.8 Å². The molecule has 1 aromatic carbocycles. The van der Waals surface area contributed by atoms with Gasteiger partial charge in [-0.3, -0.25) is 14.4 Å². The van der Waals surface area contributed by atoms with Crippen LogP contribution in [0.4, 0.5) is 5.82 Å². The number of benzene rings is 1. The number of likely N-dealkylation sites (N-methyl/N-ethyl adjacent to an activating group) is 1. The van der Waals surface area contributed by atoms with Gasteiger partial charge < -0.3 is 10.1 Å². The molecule has 0 spiro atoms. The van der Waals surface area contributed by atoms with Gasteiger partial charge in [0.25, 0.3) is 0 Å². The SMILES string of the molecule is CN1CCC1COc1cnn(C)c1-c1ccn2nc(NC(=O)C3CC3c3ccccc3)cc2c1. The Morgan fingerprint density at radius 3 is 2.79 bits per heavy atom. The topological polar surface area (TPSA) is 76.7 Å². The first-order valence-electron chi connectivity index (χ1n) is 11.8. The summed E-state index contributed by atoms with van der Waals surface area (Å²) in [5.74, 6) is 1.68. The second kappa shape index (κ2) is 8.29. The molecule has 1 aliphatic carbocycles. The maximum Gasteiger partial charge on any atom is 0.229 e. The third-order valence-corrected chi connectivity index (χ3v) is 7.12. The van der Waals surface area contributed by atoms with Crippen molar-refractivity contribution in [2.24, 2.45) is 13.0 Å². The van der Waals surface area contributed by atoms with Crippen molar-refractivity contribution >= 4 is 17.2 Å². The molecule has 2 aliphatic rings. The molecule has 0 bridgehead atoms. The van der Waals surface area contributed by atoms with Crippen LogP contribution in [0.2, 0.25) is 0 Å². The lowest BCUT2D eigenvalue weighted by Crippen LogP contribution is -2.48. The molecule has 4 heterocycles. The summed E-state index contributed by atoms with van der Waals surface area (Å²) >= 11 is 0. The summed E-state index contributed by atoms with van der Waals surface area (Å²) in [7, 11) is 4.04. The zero-order valence-electron chi connectivity index (χ0n) is 19.4. The van der Waals surface area contributed by atoms with Crippen LogP contribution in [0.15, 0.2) is 60.9 Å². The molecule has 8 nitrogen and oxygen atoms in total. The maximum absolute atomic E-state index is 12.8. The van der Waals surface area contributed by atoms with Crippen LogP contribution in [0.25, 0.3) is 16.8 Å². The zero-order valence-corrected chi connectivity index (χ0v) is 19.4. The fourth-order valence-electron chi connectivity index (χ4n) is 4.79. The minimum atomic E-state index is 0.00614. The van der Waals surface area contributed by atoms with Gasteiger partial charge in [0.15, 0.2) is 11.6 Å². The van der Waals surface area contributed by atoms with Gasteiger partial charge in [-0.05, 0) is 50.0 Å². The molecular formula is C26H28N6O2. The zero-order chi connectivity index (χ0) is 23.2. The van der Waals surface area contributed by atoms with E-state index in [0.29, 0.717) is 24.4 Å². The third kappa shape index (κ3) is 3.84. The van der Waals surface area contributed by atoms with Gasteiger partial charge in [0.2, 0.25) is 5.91 Å². The van der Waals surface area contributed by atoms with Gasteiger partial charge in [-0.1, -0.05) is 30.3 Å². The summed E-state index contributed by atoms with van der Waals surface area (Å²) in [6, 6.07) is 16.6. The van der Waals surface area contributed by atoms with Crippen molar-refractivity contribution < 1.29 is 9.53 Å². The standard InChI is InChI=1S/C26H28N6O2/c1-30-10-9-19(30)16-34-23-15-27-31(2)25(23)18-8-11-32-20(12-18)13-24(29-32)28-26(33)22-14-21(22)17-6-4-3-5-7-17/h3-8,11-13,15,19,21-22H,9-10,14,16H2,1-2H3,(H,28,29,33). The number of rotatable bonds is 7. The van der Waals surface area contributed by atoms with Crippen LogP contribution in [-0.2, 0) is 11.8 Å². The fourth-order valence-corrected chi connectivity index (χ4v) is 4.79. The summed E-state index contributed by atoms with van der Waals surface area (Å²) in [6.45, 7) is 1.78. The number of likely N-dealkylation sites (tertiary alicyclic amines) is 1. The summed E-state index contributed by atoms with van der Waals surface area (Å²) < 4.78 is 9.75. The number of fused-ring (bicyclic) bond motifs is 1. The Bertz CT molecular complexity index is 1340. The van der Waals surface area contributed by atoms with Gasteiger partial charge in [0.05, 0.1) is 11.7 Å². The molecule has 3 atom stereocenters. The predicted molar refractivity (Wildman–Crippen MR) is 130 cm³/mol. The molecule has 1 N–H and O–H groups in total. The summed E-state index contributed by atoms with van der Waals surface area (Å²) in [4.78, 5) is 15.1. The van der Waals surface area contributed by atoms with Crippen LogP contribution in [-0.4, -0.2) is 56.4 Å². The molecule has 34 heavy (non-hydrogen) atoms. The molecule has 1 saturated heterocycles. The lowest BCUT2D eigenvalue weighted by atomic mass is 10.1. The predicted octanol–water partition coefficient (Wildman–Crippen LogP) is 3.56. The highest BCUT2D eigenvalue weighted by Crippen LogP contribution is 2.47. The van der Waals surface area contributed by atoms with E-state index in [1.54, 1.807) is 10.7 Å². The summed E-state index contributed by atoms with van der Waals surface area (Å²) in [5, 5.41) is 12.0. The van der Waals surface area contributed by atoms with Crippen molar-refractivity contribution in [2.45, 2.75) is 24.8 Å². The number of carbonyl (C=O) groups excluding carboxylic acids is 1. The molecule has 2 fully saturated rings. The number of carbonyl (C=O) groups is 1. The number of hydrogen-bond donors (Lipinski definition) is 1. The summed E-state index contributed by atoms with van der Waals surface area (Å²) in [5.41, 5.74) is 4.04.